The predicted octanol–water partition coefficient (Wildman–Crippen LogP) is 4.34. The number of aliphatic hydroxyl groups is 1. The molecule has 0 aromatic heterocycles. The van der Waals surface area contributed by atoms with Crippen LogP contribution in [0.5, 0.6) is 5.75 Å². The van der Waals surface area contributed by atoms with Crippen molar-refractivity contribution in [2.24, 2.45) is 0 Å². The van der Waals surface area contributed by atoms with Crippen LogP contribution in [0.1, 0.15) is 64.4 Å². The lowest BCUT2D eigenvalue weighted by Crippen LogP contribution is -2.36. The molecule has 1 aromatic rings. The van der Waals surface area contributed by atoms with Gasteiger partial charge >= 0.3 is 0 Å². The second-order valence-electron chi connectivity index (χ2n) is 6.76. The fourth-order valence-electron chi connectivity index (χ4n) is 3.25. The summed E-state index contributed by atoms with van der Waals surface area (Å²) in [5, 5.41) is 11.1. The summed E-state index contributed by atoms with van der Waals surface area (Å²) in [7, 11) is 0. The van der Waals surface area contributed by atoms with E-state index in [1.807, 2.05) is 24.3 Å². The highest BCUT2D eigenvalue weighted by Gasteiger charge is 2.28. The maximum atomic E-state index is 11.1. The Labute approximate surface area is 141 Å². The van der Waals surface area contributed by atoms with Gasteiger partial charge in [-0.15, -0.1) is 0 Å². The molecule has 0 amide bonds. The van der Waals surface area contributed by atoms with Gasteiger partial charge in [-0.2, -0.15) is 0 Å². The molecule has 3 nitrogen and oxygen atoms in total. The van der Waals surface area contributed by atoms with Gasteiger partial charge < -0.3 is 14.7 Å². The van der Waals surface area contributed by atoms with E-state index < -0.39 is 5.60 Å². The zero-order valence-electron chi connectivity index (χ0n) is 14.9. The van der Waals surface area contributed by atoms with Gasteiger partial charge in [0.2, 0.25) is 0 Å². The Bertz CT molecular complexity index is 439. The first-order chi connectivity index (χ1) is 11.2. The SMILES string of the molecule is CCCCOc1ccc(C(O)(CC)CCN2CCCCC2)cc1. The van der Waals surface area contributed by atoms with Crippen LogP contribution in [0.4, 0.5) is 0 Å². The number of benzene rings is 1. The molecule has 0 radical (unpaired) electrons. The number of ether oxygens (including phenoxy) is 1. The number of piperidine rings is 1. The summed E-state index contributed by atoms with van der Waals surface area (Å²) < 4.78 is 5.71. The average molecular weight is 319 g/mol. The van der Waals surface area contributed by atoms with Crippen molar-refractivity contribution in [3.05, 3.63) is 29.8 Å². The van der Waals surface area contributed by atoms with Crippen molar-refractivity contribution in [2.75, 3.05) is 26.2 Å². The smallest absolute Gasteiger partial charge is 0.119 e. The summed E-state index contributed by atoms with van der Waals surface area (Å²) >= 11 is 0. The van der Waals surface area contributed by atoms with E-state index in [9.17, 15) is 5.11 Å². The van der Waals surface area contributed by atoms with Crippen molar-refractivity contribution in [3.63, 3.8) is 0 Å². The van der Waals surface area contributed by atoms with Crippen LogP contribution in [-0.2, 0) is 5.60 Å². The van der Waals surface area contributed by atoms with Crippen LogP contribution in [0.3, 0.4) is 0 Å². The molecule has 1 N–H and O–H groups in total. The van der Waals surface area contributed by atoms with E-state index in [0.717, 1.165) is 50.1 Å². The van der Waals surface area contributed by atoms with Gasteiger partial charge in [0.15, 0.2) is 0 Å². The second kappa shape index (κ2) is 9.29. The lowest BCUT2D eigenvalue weighted by atomic mass is 9.87. The van der Waals surface area contributed by atoms with Gasteiger partial charge in [-0.05, 0) is 62.9 Å². The summed E-state index contributed by atoms with van der Waals surface area (Å²) in [4.78, 5) is 2.49. The summed E-state index contributed by atoms with van der Waals surface area (Å²) in [5.41, 5.74) is 0.291. The Morgan fingerprint density at radius 3 is 2.39 bits per heavy atom. The molecule has 0 aliphatic carbocycles. The monoisotopic (exact) mass is 319 g/mol. The molecule has 1 fully saturated rings. The molecule has 3 heteroatoms. The first kappa shape index (κ1) is 18.3. The van der Waals surface area contributed by atoms with Crippen molar-refractivity contribution >= 4 is 0 Å². The third-order valence-electron chi connectivity index (χ3n) is 5.03. The number of hydrogen-bond acceptors (Lipinski definition) is 3. The largest absolute Gasteiger partial charge is 0.494 e. The molecule has 1 aromatic carbocycles. The van der Waals surface area contributed by atoms with Crippen molar-refractivity contribution < 1.29 is 9.84 Å². The fourth-order valence-corrected chi connectivity index (χ4v) is 3.25. The van der Waals surface area contributed by atoms with Gasteiger partial charge in [-0.1, -0.05) is 38.8 Å². The standard InChI is InChI=1S/C20H33NO2/c1-3-5-17-23-19-11-9-18(10-12-19)20(22,4-2)13-16-21-14-7-6-8-15-21/h9-12,22H,3-8,13-17H2,1-2H3. The zero-order chi connectivity index (χ0) is 16.5. The average Bonchev–Trinajstić information content (AvgIpc) is 2.61. The molecular weight excluding hydrogens is 286 g/mol. The van der Waals surface area contributed by atoms with E-state index in [2.05, 4.69) is 18.7 Å². The first-order valence-corrected chi connectivity index (χ1v) is 9.36. The maximum absolute atomic E-state index is 11.1. The lowest BCUT2D eigenvalue weighted by Gasteiger charge is -2.32. The van der Waals surface area contributed by atoms with Gasteiger partial charge in [0.05, 0.1) is 12.2 Å². The van der Waals surface area contributed by atoms with Crippen LogP contribution in [0.25, 0.3) is 0 Å². The van der Waals surface area contributed by atoms with E-state index in [1.54, 1.807) is 0 Å². The van der Waals surface area contributed by atoms with Crippen LogP contribution in [-0.4, -0.2) is 36.2 Å². The Kier molecular flexibility index (Phi) is 7.38. The number of unbranched alkanes of at least 4 members (excludes halogenated alkanes) is 1. The van der Waals surface area contributed by atoms with Gasteiger partial charge in [-0.3, -0.25) is 0 Å². The molecule has 1 aliphatic heterocycles. The zero-order valence-corrected chi connectivity index (χ0v) is 14.9. The lowest BCUT2D eigenvalue weighted by molar-refractivity contribution is 0.0115. The molecule has 1 unspecified atom stereocenters. The minimum absolute atomic E-state index is 0.723. The highest BCUT2D eigenvalue weighted by Crippen LogP contribution is 2.30. The highest BCUT2D eigenvalue weighted by molar-refractivity contribution is 5.31. The Morgan fingerprint density at radius 2 is 1.78 bits per heavy atom. The fraction of sp³-hybridized carbons (Fsp3) is 0.700. The Balaban J connectivity index is 1.91. The normalized spacial score (nSPS) is 18.6. The maximum Gasteiger partial charge on any atom is 0.119 e. The van der Waals surface area contributed by atoms with E-state index in [1.165, 1.54) is 32.4 Å². The molecular formula is C20H33NO2. The van der Waals surface area contributed by atoms with E-state index in [-0.39, 0.29) is 0 Å². The third kappa shape index (κ3) is 5.50. The third-order valence-corrected chi connectivity index (χ3v) is 5.03. The summed E-state index contributed by atoms with van der Waals surface area (Å²) in [6, 6.07) is 8.04. The van der Waals surface area contributed by atoms with Gasteiger partial charge in [-0.25, -0.2) is 0 Å². The topological polar surface area (TPSA) is 32.7 Å². The van der Waals surface area contributed by atoms with Crippen LogP contribution in [0.2, 0.25) is 0 Å². The van der Waals surface area contributed by atoms with E-state index >= 15 is 0 Å². The molecule has 1 atom stereocenters. The Morgan fingerprint density at radius 1 is 1.09 bits per heavy atom. The van der Waals surface area contributed by atoms with E-state index in [4.69, 9.17) is 4.74 Å². The second-order valence-corrected chi connectivity index (χ2v) is 6.76. The van der Waals surface area contributed by atoms with Gasteiger partial charge in [0.25, 0.3) is 0 Å². The molecule has 130 valence electrons. The molecule has 1 aliphatic rings. The van der Waals surface area contributed by atoms with E-state index in [0.29, 0.717) is 0 Å². The highest BCUT2D eigenvalue weighted by atomic mass is 16.5. The first-order valence-electron chi connectivity index (χ1n) is 9.36. The minimum atomic E-state index is -0.723. The summed E-state index contributed by atoms with van der Waals surface area (Å²) in [6.45, 7) is 8.36. The van der Waals surface area contributed by atoms with Crippen LogP contribution >= 0.6 is 0 Å². The predicted molar refractivity (Wildman–Crippen MR) is 95.9 cm³/mol. The molecule has 1 saturated heterocycles. The van der Waals surface area contributed by atoms with Crippen LogP contribution < -0.4 is 4.74 Å². The Hall–Kier alpha value is -1.06. The van der Waals surface area contributed by atoms with Crippen molar-refractivity contribution in [2.45, 2.75) is 64.4 Å². The molecule has 0 spiro atoms. The van der Waals surface area contributed by atoms with Gasteiger partial charge in [0, 0.05) is 6.54 Å². The quantitative estimate of drug-likeness (QED) is 0.687. The molecule has 23 heavy (non-hydrogen) atoms. The molecule has 0 saturated carbocycles. The molecule has 1 heterocycles. The summed E-state index contributed by atoms with van der Waals surface area (Å²) in [6.07, 6.45) is 7.73. The minimum Gasteiger partial charge on any atom is -0.494 e. The van der Waals surface area contributed by atoms with Crippen molar-refractivity contribution in [1.82, 2.24) is 4.90 Å². The number of nitrogens with zero attached hydrogens (tertiary/aromatic N) is 1. The van der Waals surface area contributed by atoms with Crippen LogP contribution in [0.15, 0.2) is 24.3 Å². The molecule has 0 bridgehead atoms. The van der Waals surface area contributed by atoms with Crippen LogP contribution in [0, 0.1) is 0 Å². The van der Waals surface area contributed by atoms with Gasteiger partial charge in [0.1, 0.15) is 5.75 Å². The van der Waals surface area contributed by atoms with Crippen molar-refractivity contribution in [1.29, 1.82) is 0 Å². The molecule has 2 rings (SSSR count). The number of rotatable bonds is 9. The van der Waals surface area contributed by atoms with Crippen molar-refractivity contribution in [3.8, 4) is 5.75 Å². The summed E-state index contributed by atoms with van der Waals surface area (Å²) in [5.74, 6) is 0.900. The number of hydrogen-bond donors (Lipinski definition) is 1. The number of likely N-dealkylation sites (tertiary alicyclic amines) is 1.